The van der Waals surface area contributed by atoms with Crippen LogP contribution in [-0.2, 0) is 4.74 Å². The number of anilines is 1. The van der Waals surface area contributed by atoms with E-state index in [0.717, 1.165) is 19.4 Å². The van der Waals surface area contributed by atoms with Crippen molar-refractivity contribution >= 4 is 17.2 Å². The van der Waals surface area contributed by atoms with Gasteiger partial charge in [-0.25, -0.2) is 0 Å². The Morgan fingerprint density at radius 3 is 2.81 bits per heavy atom. The van der Waals surface area contributed by atoms with Crippen molar-refractivity contribution in [2.24, 2.45) is 0 Å². The first-order chi connectivity index (χ1) is 10.0. The summed E-state index contributed by atoms with van der Waals surface area (Å²) in [7, 11) is 0. The van der Waals surface area contributed by atoms with Crippen LogP contribution in [0.25, 0.3) is 0 Å². The predicted octanol–water partition coefficient (Wildman–Crippen LogP) is 2.80. The molecule has 0 amide bonds. The molecular weight excluding hydrogens is 272 g/mol. The van der Waals surface area contributed by atoms with Crippen molar-refractivity contribution in [2.45, 2.75) is 32.8 Å². The van der Waals surface area contributed by atoms with Crippen LogP contribution in [0.1, 0.15) is 37.0 Å². The Kier molecular flexibility index (Phi) is 4.90. The number of nitrogens with zero attached hydrogens (tertiary/aromatic N) is 2. The Bertz CT molecular complexity index is 538. The number of benzene rings is 1. The van der Waals surface area contributed by atoms with E-state index in [1.165, 1.54) is 13.0 Å². The van der Waals surface area contributed by atoms with Crippen molar-refractivity contribution in [1.29, 1.82) is 0 Å². The number of hydrogen-bond donors (Lipinski definition) is 0. The second-order valence-corrected chi connectivity index (χ2v) is 5.19. The third kappa shape index (κ3) is 3.58. The van der Waals surface area contributed by atoms with Gasteiger partial charge in [0.25, 0.3) is 5.69 Å². The standard InChI is InChI=1S/C15H20N2O4/c1-3-16(10-13-5-4-8-21-13)14-7-6-12(11(2)18)9-15(14)17(19)20/h6-7,9,13H,3-5,8,10H2,1-2H3. The fourth-order valence-corrected chi connectivity index (χ4v) is 2.59. The van der Waals surface area contributed by atoms with Crippen molar-refractivity contribution in [3.63, 3.8) is 0 Å². The molecule has 0 spiro atoms. The maximum Gasteiger partial charge on any atom is 0.293 e. The fraction of sp³-hybridized carbons (Fsp3) is 0.533. The zero-order valence-electron chi connectivity index (χ0n) is 12.4. The maximum absolute atomic E-state index is 11.4. The molecule has 1 atom stereocenters. The van der Waals surface area contributed by atoms with Gasteiger partial charge in [0.15, 0.2) is 5.78 Å². The lowest BCUT2D eigenvalue weighted by molar-refractivity contribution is -0.384. The minimum absolute atomic E-state index is 0.0254. The number of ketones is 1. The molecule has 0 bridgehead atoms. The molecule has 1 aromatic carbocycles. The lowest BCUT2D eigenvalue weighted by Crippen LogP contribution is -2.32. The van der Waals surface area contributed by atoms with Crippen LogP contribution in [0.4, 0.5) is 11.4 Å². The second kappa shape index (κ2) is 6.67. The average molecular weight is 292 g/mol. The molecule has 1 unspecified atom stereocenters. The van der Waals surface area contributed by atoms with Gasteiger partial charge in [-0.15, -0.1) is 0 Å². The number of nitro groups is 1. The molecule has 1 saturated heterocycles. The van der Waals surface area contributed by atoms with E-state index in [9.17, 15) is 14.9 Å². The van der Waals surface area contributed by atoms with Gasteiger partial charge in [-0.05, 0) is 38.8 Å². The van der Waals surface area contributed by atoms with E-state index in [-0.39, 0.29) is 17.6 Å². The van der Waals surface area contributed by atoms with E-state index in [1.807, 2.05) is 11.8 Å². The van der Waals surface area contributed by atoms with Crippen LogP contribution >= 0.6 is 0 Å². The number of rotatable bonds is 6. The van der Waals surface area contributed by atoms with Crippen LogP contribution < -0.4 is 4.90 Å². The van der Waals surface area contributed by atoms with Crippen molar-refractivity contribution in [2.75, 3.05) is 24.6 Å². The minimum atomic E-state index is -0.431. The van der Waals surface area contributed by atoms with Crippen LogP contribution in [-0.4, -0.2) is 36.5 Å². The SMILES string of the molecule is CCN(CC1CCCO1)c1ccc(C(C)=O)cc1[N+](=O)[O-]. The van der Waals surface area contributed by atoms with Gasteiger partial charge in [0.1, 0.15) is 5.69 Å². The molecule has 0 aromatic heterocycles. The van der Waals surface area contributed by atoms with E-state index < -0.39 is 4.92 Å². The molecule has 0 radical (unpaired) electrons. The highest BCUT2D eigenvalue weighted by molar-refractivity contribution is 5.95. The molecule has 0 aliphatic carbocycles. The second-order valence-electron chi connectivity index (χ2n) is 5.19. The molecule has 21 heavy (non-hydrogen) atoms. The zero-order chi connectivity index (χ0) is 15.4. The third-order valence-corrected chi connectivity index (χ3v) is 3.75. The molecule has 1 aliphatic heterocycles. The van der Waals surface area contributed by atoms with Gasteiger partial charge in [-0.2, -0.15) is 0 Å². The third-order valence-electron chi connectivity index (χ3n) is 3.75. The molecule has 6 nitrogen and oxygen atoms in total. The van der Waals surface area contributed by atoms with Gasteiger partial charge >= 0.3 is 0 Å². The maximum atomic E-state index is 11.4. The van der Waals surface area contributed by atoms with Crippen LogP contribution in [0.15, 0.2) is 18.2 Å². The Hall–Kier alpha value is -1.95. The van der Waals surface area contributed by atoms with E-state index in [1.54, 1.807) is 12.1 Å². The molecule has 0 saturated carbocycles. The molecular formula is C15H20N2O4. The number of likely N-dealkylation sites (N-methyl/N-ethyl adjacent to an activating group) is 1. The molecule has 114 valence electrons. The van der Waals surface area contributed by atoms with Gasteiger partial charge in [-0.3, -0.25) is 14.9 Å². The Morgan fingerprint density at radius 1 is 1.52 bits per heavy atom. The summed E-state index contributed by atoms with van der Waals surface area (Å²) >= 11 is 0. The van der Waals surface area contributed by atoms with Crippen molar-refractivity contribution in [3.05, 3.63) is 33.9 Å². The monoisotopic (exact) mass is 292 g/mol. The normalized spacial score (nSPS) is 17.7. The summed E-state index contributed by atoms with van der Waals surface area (Å²) in [6, 6.07) is 4.66. The average Bonchev–Trinajstić information content (AvgIpc) is 2.97. The van der Waals surface area contributed by atoms with Crippen LogP contribution in [0, 0.1) is 10.1 Å². The van der Waals surface area contributed by atoms with Gasteiger partial charge in [0.05, 0.1) is 11.0 Å². The van der Waals surface area contributed by atoms with E-state index in [4.69, 9.17) is 4.74 Å². The number of hydrogen-bond acceptors (Lipinski definition) is 5. The first-order valence-electron chi connectivity index (χ1n) is 7.18. The van der Waals surface area contributed by atoms with Gasteiger partial charge in [0, 0.05) is 31.3 Å². The molecule has 1 aromatic rings. The molecule has 2 rings (SSSR count). The van der Waals surface area contributed by atoms with Crippen LogP contribution in [0.3, 0.4) is 0 Å². The van der Waals surface area contributed by atoms with Gasteiger partial charge in [-0.1, -0.05) is 0 Å². The summed E-state index contributed by atoms with van der Waals surface area (Å²) in [5.74, 6) is -0.174. The fourth-order valence-electron chi connectivity index (χ4n) is 2.59. The summed E-state index contributed by atoms with van der Waals surface area (Å²) in [4.78, 5) is 24.2. The first-order valence-corrected chi connectivity index (χ1v) is 7.18. The zero-order valence-corrected chi connectivity index (χ0v) is 12.4. The van der Waals surface area contributed by atoms with E-state index in [2.05, 4.69) is 0 Å². The van der Waals surface area contributed by atoms with Crippen molar-refractivity contribution in [3.8, 4) is 0 Å². The highest BCUT2D eigenvalue weighted by atomic mass is 16.6. The molecule has 1 fully saturated rings. The van der Waals surface area contributed by atoms with E-state index in [0.29, 0.717) is 24.3 Å². The number of carbonyl (C=O) groups is 1. The Balaban J connectivity index is 2.30. The highest BCUT2D eigenvalue weighted by Crippen LogP contribution is 2.30. The quantitative estimate of drug-likeness (QED) is 0.458. The van der Waals surface area contributed by atoms with Gasteiger partial charge in [0.2, 0.25) is 0 Å². The summed E-state index contributed by atoms with van der Waals surface area (Å²) in [6.07, 6.45) is 2.14. The topological polar surface area (TPSA) is 72.7 Å². The van der Waals surface area contributed by atoms with E-state index >= 15 is 0 Å². The molecule has 6 heteroatoms. The van der Waals surface area contributed by atoms with Crippen LogP contribution in [0.2, 0.25) is 0 Å². The highest BCUT2D eigenvalue weighted by Gasteiger charge is 2.24. The Labute approximate surface area is 123 Å². The summed E-state index contributed by atoms with van der Waals surface area (Å²) in [5.41, 5.74) is 0.879. The lowest BCUT2D eigenvalue weighted by Gasteiger charge is -2.25. The number of carbonyl (C=O) groups excluding carboxylic acids is 1. The predicted molar refractivity (Wildman–Crippen MR) is 80.0 cm³/mol. The van der Waals surface area contributed by atoms with Gasteiger partial charge < -0.3 is 9.64 Å². The lowest BCUT2D eigenvalue weighted by atomic mass is 10.1. The van der Waals surface area contributed by atoms with Crippen LogP contribution in [0.5, 0.6) is 0 Å². The van der Waals surface area contributed by atoms with Crippen molar-refractivity contribution < 1.29 is 14.5 Å². The molecule has 1 heterocycles. The van der Waals surface area contributed by atoms with Crippen molar-refractivity contribution in [1.82, 2.24) is 0 Å². The first kappa shape index (κ1) is 15.4. The Morgan fingerprint density at radius 2 is 2.29 bits per heavy atom. The molecule has 1 aliphatic rings. The summed E-state index contributed by atoms with van der Waals surface area (Å²) < 4.78 is 5.60. The smallest absolute Gasteiger partial charge is 0.293 e. The minimum Gasteiger partial charge on any atom is -0.376 e. The largest absolute Gasteiger partial charge is 0.376 e. The summed E-state index contributed by atoms with van der Waals surface area (Å²) in [5, 5.41) is 11.3. The number of nitro benzene ring substituents is 1. The number of Topliss-reactive ketones (excluding diaryl/α,β-unsaturated/α-hetero) is 1. The summed E-state index contributed by atoms with van der Waals surface area (Å²) in [6.45, 7) is 5.41. The number of ether oxygens (including phenoxy) is 1. The molecule has 0 N–H and O–H groups in total.